The average Bonchev–Trinajstić information content (AvgIpc) is 2.45. The van der Waals surface area contributed by atoms with Crippen molar-refractivity contribution >= 4 is 0 Å². The molecular weight excluding hydrogens is 262 g/mol. The molecule has 0 bridgehead atoms. The van der Waals surface area contributed by atoms with Gasteiger partial charge >= 0.3 is 0 Å². The third-order valence-electron chi connectivity index (χ3n) is 4.41. The summed E-state index contributed by atoms with van der Waals surface area (Å²) in [6.45, 7) is 14.0. The molecule has 2 atom stereocenters. The van der Waals surface area contributed by atoms with Crippen LogP contribution in [0.5, 0.6) is 0 Å². The van der Waals surface area contributed by atoms with Gasteiger partial charge in [0.05, 0.1) is 6.07 Å². The van der Waals surface area contributed by atoms with Crippen LogP contribution in [-0.2, 0) is 0 Å². The number of hydrogen-bond acceptors (Lipinski definition) is 5. The van der Waals surface area contributed by atoms with Gasteiger partial charge in [-0.1, -0.05) is 6.92 Å². The van der Waals surface area contributed by atoms with E-state index >= 15 is 0 Å². The molecule has 1 aliphatic rings. The molecule has 0 aliphatic carbocycles. The van der Waals surface area contributed by atoms with Crippen molar-refractivity contribution in [1.82, 2.24) is 20.0 Å². The van der Waals surface area contributed by atoms with E-state index in [2.05, 4.69) is 54.0 Å². The first-order valence-electron chi connectivity index (χ1n) is 8.17. The number of piperazine rings is 1. The zero-order valence-corrected chi connectivity index (χ0v) is 14.5. The van der Waals surface area contributed by atoms with Crippen molar-refractivity contribution < 1.29 is 0 Å². The second-order valence-corrected chi connectivity index (χ2v) is 6.71. The summed E-state index contributed by atoms with van der Waals surface area (Å²) >= 11 is 0. The van der Waals surface area contributed by atoms with Gasteiger partial charge < -0.3 is 4.90 Å². The molecule has 1 aliphatic heterocycles. The molecule has 0 aromatic heterocycles. The Morgan fingerprint density at radius 3 is 2.38 bits per heavy atom. The van der Waals surface area contributed by atoms with Crippen LogP contribution in [-0.4, -0.2) is 86.2 Å². The largest absolute Gasteiger partial charge is 0.308 e. The van der Waals surface area contributed by atoms with Crippen LogP contribution < -0.4 is 5.32 Å². The molecule has 5 nitrogen and oxygen atoms in total. The quantitative estimate of drug-likeness (QED) is 0.719. The van der Waals surface area contributed by atoms with Crippen molar-refractivity contribution in [2.24, 2.45) is 0 Å². The molecule has 2 unspecified atom stereocenters. The molecule has 1 saturated heterocycles. The van der Waals surface area contributed by atoms with Gasteiger partial charge in [-0.25, -0.2) is 0 Å². The van der Waals surface area contributed by atoms with E-state index < -0.39 is 5.54 Å². The van der Waals surface area contributed by atoms with Crippen molar-refractivity contribution in [1.29, 1.82) is 5.26 Å². The summed E-state index contributed by atoms with van der Waals surface area (Å²) in [6, 6.07) is 2.89. The van der Waals surface area contributed by atoms with Crippen LogP contribution in [0.2, 0.25) is 0 Å². The minimum Gasteiger partial charge on any atom is -0.308 e. The lowest BCUT2D eigenvalue weighted by Gasteiger charge is -2.40. The normalized spacial score (nSPS) is 22.0. The monoisotopic (exact) mass is 295 g/mol. The van der Waals surface area contributed by atoms with Crippen molar-refractivity contribution in [3.05, 3.63) is 0 Å². The number of rotatable bonds is 8. The summed E-state index contributed by atoms with van der Waals surface area (Å²) < 4.78 is 0. The summed E-state index contributed by atoms with van der Waals surface area (Å²) in [6.07, 6.45) is 0.884. The summed E-state index contributed by atoms with van der Waals surface area (Å²) in [4.78, 5) is 7.31. The van der Waals surface area contributed by atoms with Crippen LogP contribution in [0.25, 0.3) is 0 Å². The number of nitrogens with one attached hydrogen (secondary N) is 1. The van der Waals surface area contributed by atoms with Crippen molar-refractivity contribution in [3.63, 3.8) is 0 Å². The Bertz CT molecular complexity index is 330. The SMILES string of the molecule is CCNC(C)(C#N)CC(C)N1CCN(CCN(C)C)CC1. The van der Waals surface area contributed by atoms with Gasteiger partial charge in [0.25, 0.3) is 0 Å². The molecule has 0 amide bonds. The van der Waals surface area contributed by atoms with Crippen LogP contribution >= 0.6 is 0 Å². The van der Waals surface area contributed by atoms with Gasteiger partial charge in [0.15, 0.2) is 0 Å². The Balaban J connectivity index is 2.38. The topological polar surface area (TPSA) is 45.5 Å². The third kappa shape index (κ3) is 6.31. The fraction of sp³-hybridized carbons (Fsp3) is 0.938. The molecule has 1 N–H and O–H groups in total. The Labute approximate surface area is 130 Å². The smallest absolute Gasteiger partial charge is 0.105 e. The third-order valence-corrected chi connectivity index (χ3v) is 4.41. The van der Waals surface area contributed by atoms with Gasteiger partial charge in [-0.3, -0.25) is 15.1 Å². The van der Waals surface area contributed by atoms with E-state index in [0.29, 0.717) is 6.04 Å². The molecule has 0 spiro atoms. The van der Waals surface area contributed by atoms with Crippen LogP contribution in [0, 0.1) is 11.3 Å². The van der Waals surface area contributed by atoms with Gasteiger partial charge in [0.2, 0.25) is 0 Å². The minimum absolute atomic E-state index is 0.407. The van der Waals surface area contributed by atoms with Crippen LogP contribution in [0.15, 0.2) is 0 Å². The Morgan fingerprint density at radius 1 is 1.29 bits per heavy atom. The molecule has 1 fully saturated rings. The first kappa shape index (κ1) is 18.4. The van der Waals surface area contributed by atoms with E-state index in [1.807, 2.05) is 6.92 Å². The molecule has 0 aromatic rings. The van der Waals surface area contributed by atoms with Gasteiger partial charge in [0, 0.05) is 45.3 Å². The van der Waals surface area contributed by atoms with Gasteiger partial charge in [-0.15, -0.1) is 0 Å². The predicted octanol–water partition coefficient (Wildman–Crippen LogP) is 0.836. The predicted molar refractivity (Wildman–Crippen MR) is 88.3 cm³/mol. The fourth-order valence-electron chi connectivity index (χ4n) is 3.04. The maximum atomic E-state index is 9.38. The first-order valence-corrected chi connectivity index (χ1v) is 8.17. The summed E-state index contributed by atoms with van der Waals surface area (Å²) in [5, 5.41) is 12.7. The van der Waals surface area contributed by atoms with E-state index in [0.717, 1.165) is 52.2 Å². The molecule has 1 heterocycles. The molecule has 21 heavy (non-hydrogen) atoms. The van der Waals surface area contributed by atoms with Crippen LogP contribution in [0.1, 0.15) is 27.2 Å². The second kappa shape index (κ2) is 8.70. The molecule has 1 rings (SSSR count). The first-order chi connectivity index (χ1) is 9.90. The number of likely N-dealkylation sites (N-methyl/N-ethyl adjacent to an activating group) is 1. The lowest BCUT2D eigenvalue weighted by atomic mass is 9.94. The van der Waals surface area contributed by atoms with Crippen LogP contribution in [0.4, 0.5) is 0 Å². The fourth-order valence-corrected chi connectivity index (χ4v) is 3.04. The summed E-state index contributed by atoms with van der Waals surface area (Å²) in [7, 11) is 4.25. The highest BCUT2D eigenvalue weighted by atomic mass is 15.3. The standard InChI is InChI=1S/C16H33N5/c1-6-18-16(3,14-17)13-15(2)21-11-9-20(10-12-21)8-7-19(4)5/h15,18H,6-13H2,1-5H3. The zero-order valence-electron chi connectivity index (χ0n) is 14.5. The number of nitrogens with zero attached hydrogens (tertiary/aromatic N) is 4. The van der Waals surface area contributed by atoms with Crippen molar-refractivity contribution in [3.8, 4) is 6.07 Å². The maximum Gasteiger partial charge on any atom is 0.105 e. The highest BCUT2D eigenvalue weighted by Gasteiger charge is 2.29. The van der Waals surface area contributed by atoms with Crippen molar-refractivity contribution in [2.75, 3.05) is 59.9 Å². The van der Waals surface area contributed by atoms with Crippen molar-refractivity contribution in [2.45, 2.75) is 38.8 Å². The van der Waals surface area contributed by atoms with Gasteiger partial charge in [-0.2, -0.15) is 5.26 Å². The molecule has 0 aromatic carbocycles. The highest BCUT2D eigenvalue weighted by molar-refractivity contribution is 5.05. The van der Waals surface area contributed by atoms with Crippen LogP contribution in [0.3, 0.4) is 0 Å². The average molecular weight is 295 g/mol. The molecule has 0 radical (unpaired) electrons. The maximum absolute atomic E-state index is 9.38. The Kier molecular flexibility index (Phi) is 7.61. The Morgan fingerprint density at radius 2 is 1.90 bits per heavy atom. The second-order valence-electron chi connectivity index (χ2n) is 6.71. The lowest BCUT2D eigenvalue weighted by molar-refractivity contribution is 0.0869. The van der Waals surface area contributed by atoms with E-state index in [-0.39, 0.29) is 0 Å². The number of hydrogen-bond donors (Lipinski definition) is 1. The van der Waals surface area contributed by atoms with E-state index in [9.17, 15) is 5.26 Å². The molecule has 0 saturated carbocycles. The minimum atomic E-state index is -0.407. The summed E-state index contributed by atoms with van der Waals surface area (Å²) in [5.74, 6) is 0. The van der Waals surface area contributed by atoms with Gasteiger partial charge in [0.1, 0.15) is 5.54 Å². The van der Waals surface area contributed by atoms with E-state index in [4.69, 9.17) is 0 Å². The Hall–Kier alpha value is -0.670. The molecular formula is C16H33N5. The van der Waals surface area contributed by atoms with E-state index in [1.165, 1.54) is 0 Å². The highest BCUT2D eigenvalue weighted by Crippen LogP contribution is 2.17. The van der Waals surface area contributed by atoms with Gasteiger partial charge in [-0.05, 0) is 40.9 Å². The zero-order chi connectivity index (χ0) is 15.9. The number of nitriles is 1. The van der Waals surface area contributed by atoms with E-state index in [1.54, 1.807) is 0 Å². The molecule has 122 valence electrons. The molecule has 5 heteroatoms. The lowest BCUT2D eigenvalue weighted by Crippen LogP contribution is -2.53. The summed E-state index contributed by atoms with van der Waals surface area (Å²) in [5.41, 5.74) is -0.407.